The molecule has 1 aromatic heterocycles. The van der Waals surface area contributed by atoms with Crippen molar-refractivity contribution in [3.8, 4) is 0 Å². The Morgan fingerprint density at radius 3 is 2.80 bits per heavy atom. The zero-order valence-corrected chi connectivity index (χ0v) is 14.7. The minimum absolute atomic E-state index is 0. The zero-order valence-electron chi connectivity index (χ0n) is 12.4. The van der Waals surface area contributed by atoms with Crippen molar-refractivity contribution < 1.29 is 4.42 Å². The predicted molar refractivity (Wildman–Crippen MR) is 93.4 cm³/mol. The molecule has 5 heteroatoms. The highest BCUT2D eigenvalue weighted by Crippen LogP contribution is 2.28. The number of furan rings is 1. The van der Waals surface area contributed by atoms with Gasteiger partial charge < -0.3 is 15.1 Å². The lowest BCUT2D eigenvalue weighted by molar-refractivity contribution is 0.256. The zero-order chi connectivity index (χ0) is 13.5. The third-order valence-corrected chi connectivity index (χ3v) is 4.05. The van der Waals surface area contributed by atoms with Gasteiger partial charge in [0.05, 0.1) is 12.8 Å². The molecule has 0 aromatic carbocycles. The summed E-state index contributed by atoms with van der Waals surface area (Å²) in [6.45, 7) is 4.05. The van der Waals surface area contributed by atoms with Crippen molar-refractivity contribution in [2.75, 3.05) is 13.6 Å². The minimum atomic E-state index is 0. The average Bonchev–Trinajstić information content (AvgIpc) is 2.94. The number of aliphatic imine (C=N–C) groups is 1. The highest BCUT2D eigenvalue weighted by atomic mass is 127. The van der Waals surface area contributed by atoms with E-state index < -0.39 is 0 Å². The molecule has 0 amide bonds. The first-order valence-corrected chi connectivity index (χ1v) is 7.26. The quantitative estimate of drug-likeness (QED) is 0.470. The summed E-state index contributed by atoms with van der Waals surface area (Å²) < 4.78 is 5.29. The van der Waals surface area contributed by atoms with Crippen LogP contribution in [0.3, 0.4) is 0 Å². The summed E-state index contributed by atoms with van der Waals surface area (Å²) in [5, 5.41) is 6.70. The van der Waals surface area contributed by atoms with E-state index in [1.54, 1.807) is 6.26 Å². The van der Waals surface area contributed by atoms with Crippen LogP contribution < -0.4 is 10.6 Å². The topological polar surface area (TPSA) is 49.6 Å². The first-order chi connectivity index (χ1) is 9.29. The Labute approximate surface area is 138 Å². The van der Waals surface area contributed by atoms with Crippen molar-refractivity contribution >= 4 is 29.9 Å². The highest BCUT2D eigenvalue weighted by Gasteiger charge is 2.21. The molecule has 2 atom stereocenters. The van der Waals surface area contributed by atoms with Gasteiger partial charge in [0, 0.05) is 13.6 Å². The van der Waals surface area contributed by atoms with E-state index in [0.29, 0.717) is 6.54 Å². The van der Waals surface area contributed by atoms with Crippen LogP contribution in [0.15, 0.2) is 27.8 Å². The fraction of sp³-hybridized carbons (Fsp3) is 0.667. The van der Waals surface area contributed by atoms with Gasteiger partial charge in [-0.1, -0.05) is 26.2 Å². The highest BCUT2D eigenvalue weighted by molar-refractivity contribution is 14.0. The lowest BCUT2D eigenvalue weighted by Gasteiger charge is -2.29. The maximum absolute atomic E-state index is 5.29. The van der Waals surface area contributed by atoms with E-state index in [1.807, 2.05) is 19.2 Å². The molecule has 0 bridgehead atoms. The van der Waals surface area contributed by atoms with E-state index in [9.17, 15) is 0 Å². The fourth-order valence-electron chi connectivity index (χ4n) is 2.73. The maximum Gasteiger partial charge on any atom is 0.191 e. The van der Waals surface area contributed by atoms with Crippen LogP contribution in [0.5, 0.6) is 0 Å². The Morgan fingerprint density at radius 1 is 1.35 bits per heavy atom. The molecule has 4 nitrogen and oxygen atoms in total. The molecular weight excluding hydrogens is 365 g/mol. The second-order valence-electron chi connectivity index (χ2n) is 5.41. The van der Waals surface area contributed by atoms with Gasteiger partial charge >= 0.3 is 0 Å². The van der Waals surface area contributed by atoms with E-state index in [-0.39, 0.29) is 24.0 Å². The summed E-state index contributed by atoms with van der Waals surface area (Å²) in [5.74, 6) is 3.38. The van der Waals surface area contributed by atoms with E-state index >= 15 is 0 Å². The molecule has 1 aliphatic rings. The molecule has 2 unspecified atom stereocenters. The van der Waals surface area contributed by atoms with Crippen molar-refractivity contribution in [2.24, 2.45) is 16.8 Å². The first kappa shape index (κ1) is 17.3. The molecule has 114 valence electrons. The van der Waals surface area contributed by atoms with E-state index in [2.05, 4.69) is 22.5 Å². The summed E-state index contributed by atoms with van der Waals surface area (Å²) >= 11 is 0. The lowest BCUT2D eigenvalue weighted by Crippen LogP contribution is -2.41. The predicted octanol–water partition coefficient (Wildman–Crippen LogP) is 3.39. The largest absolute Gasteiger partial charge is 0.467 e. The van der Waals surface area contributed by atoms with E-state index in [1.165, 1.54) is 25.7 Å². The molecule has 2 rings (SSSR count). The molecule has 1 heterocycles. The molecule has 0 aliphatic heterocycles. The van der Waals surface area contributed by atoms with E-state index in [4.69, 9.17) is 4.42 Å². The van der Waals surface area contributed by atoms with Crippen molar-refractivity contribution in [1.82, 2.24) is 10.6 Å². The van der Waals surface area contributed by atoms with Gasteiger partial charge in [0.15, 0.2) is 5.96 Å². The molecule has 1 aliphatic carbocycles. The monoisotopic (exact) mass is 391 g/mol. The third-order valence-electron chi connectivity index (χ3n) is 4.05. The number of hydrogen-bond donors (Lipinski definition) is 2. The Kier molecular flexibility index (Phi) is 8.02. The van der Waals surface area contributed by atoms with Crippen LogP contribution in [0.2, 0.25) is 0 Å². The van der Waals surface area contributed by atoms with Gasteiger partial charge in [0.2, 0.25) is 0 Å². The van der Waals surface area contributed by atoms with Crippen LogP contribution in [0.25, 0.3) is 0 Å². The third kappa shape index (κ3) is 5.34. The van der Waals surface area contributed by atoms with Gasteiger partial charge in [0.25, 0.3) is 0 Å². The van der Waals surface area contributed by atoms with Gasteiger partial charge in [-0.2, -0.15) is 0 Å². The Hall–Kier alpha value is -0.720. The standard InChI is InChI=1S/C15H25N3O.HI/c1-12-6-3-4-7-13(12)10-17-15(16-2)18-11-14-8-5-9-19-14;/h5,8-9,12-13H,3-4,6-7,10-11H2,1-2H3,(H2,16,17,18);1H. The van der Waals surface area contributed by atoms with Gasteiger partial charge in [-0.3, -0.25) is 4.99 Å². The van der Waals surface area contributed by atoms with Crippen LogP contribution in [-0.4, -0.2) is 19.6 Å². The number of guanidine groups is 1. The summed E-state index contributed by atoms with van der Waals surface area (Å²) in [5.41, 5.74) is 0. The molecule has 20 heavy (non-hydrogen) atoms. The van der Waals surface area contributed by atoms with Crippen LogP contribution in [0.4, 0.5) is 0 Å². The number of hydrogen-bond acceptors (Lipinski definition) is 2. The van der Waals surface area contributed by atoms with Crippen LogP contribution >= 0.6 is 24.0 Å². The van der Waals surface area contributed by atoms with Crippen LogP contribution in [0.1, 0.15) is 38.4 Å². The SMILES string of the molecule is CN=C(NCc1ccco1)NCC1CCCCC1C.I. The number of nitrogens with zero attached hydrogens (tertiary/aromatic N) is 1. The van der Waals surface area contributed by atoms with Gasteiger partial charge in [-0.15, -0.1) is 24.0 Å². The average molecular weight is 391 g/mol. The molecule has 1 fully saturated rings. The summed E-state index contributed by atoms with van der Waals surface area (Å²) in [6, 6.07) is 3.86. The first-order valence-electron chi connectivity index (χ1n) is 7.26. The normalized spacial score (nSPS) is 23.0. The van der Waals surface area contributed by atoms with Crippen molar-refractivity contribution in [3.05, 3.63) is 24.2 Å². The second kappa shape index (κ2) is 9.26. The maximum atomic E-state index is 5.29. The summed E-state index contributed by atoms with van der Waals surface area (Å²) in [7, 11) is 1.81. The van der Waals surface area contributed by atoms with Gasteiger partial charge in [-0.05, 0) is 30.4 Å². The Morgan fingerprint density at radius 2 is 2.15 bits per heavy atom. The summed E-state index contributed by atoms with van der Waals surface area (Å²) in [4.78, 5) is 4.25. The molecule has 2 N–H and O–H groups in total. The Balaban J connectivity index is 0.00000200. The lowest BCUT2D eigenvalue weighted by atomic mass is 9.80. The number of halogens is 1. The number of rotatable bonds is 4. The van der Waals surface area contributed by atoms with E-state index in [0.717, 1.165) is 30.1 Å². The second-order valence-corrected chi connectivity index (χ2v) is 5.41. The smallest absolute Gasteiger partial charge is 0.191 e. The molecule has 0 spiro atoms. The molecule has 1 saturated carbocycles. The van der Waals surface area contributed by atoms with Crippen molar-refractivity contribution in [1.29, 1.82) is 0 Å². The molecule has 0 saturated heterocycles. The van der Waals surface area contributed by atoms with Crippen LogP contribution in [-0.2, 0) is 6.54 Å². The van der Waals surface area contributed by atoms with Gasteiger partial charge in [0.1, 0.15) is 5.76 Å². The Bertz CT molecular complexity index is 392. The minimum Gasteiger partial charge on any atom is -0.467 e. The summed E-state index contributed by atoms with van der Waals surface area (Å²) in [6.07, 6.45) is 7.16. The fourth-order valence-corrected chi connectivity index (χ4v) is 2.73. The number of nitrogens with one attached hydrogen (secondary N) is 2. The molecular formula is C15H26IN3O. The van der Waals surface area contributed by atoms with Crippen molar-refractivity contribution in [3.63, 3.8) is 0 Å². The molecule has 0 radical (unpaired) electrons. The van der Waals surface area contributed by atoms with Crippen LogP contribution in [0, 0.1) is 11.8 Å². The molecule has 1 aromatic rings. The van der Waals surface area contributed by atoms with Crippen molar-refractivity contribution in [2.45, 2.75) is 39.2 Å². The van der Waals surface area contributed by atoms with Gasteiger partial charge in [-0.25, -0.2) is 0 Å².